The molecule has 11 heterocycles. The van der Waals surface area contributed by atoms with Crippen LogP contribution in [-0.2, 0) is 0 Å². The Hall–Kier alpha value is -9.70. The van der Waals surface area contributed by atoms with Crippen LogP contribution < -0.4 is 0 Å². The van der Waals surface area contributed by atoms with Crippen molar-refractivity contribution in [1.29, 1.82) is 0 Å². The first-order chi connectivity index (χ1) is 52.5. The molecule has 0 fully saturated rings. The van der Waals surface area contributed by atoms with Crippen LogP contribution in [0.3, 0.4) is 0 Å². The minimum Gasteiger partial charge on any atom is -0.262 e. The predicted molar refractivity (Wildman–Crippen MR) is 472 cm³/mol. The van der Waals surface area contributed by atoms with Crippen molar-refractivity contribution in [2.24, 2.45) is 0 Å². The highest BCUT2D eigenvalue weighted by molar-refractivity contribution is 5.26. The zero-order valence-electron chi connectivity index (χ0n) is 75.5. The quantitative estimate of drug-likeness (QED) is 0.118. The molecule has 606 valence electrons. The van der Waals surface area contributed by atoms with Gasteiger partial charge in [-0.3, -0.25) is 39.9 Å². The molecule has 0 atom stereocenters. The molecule has 16 heteroatoms. The molecule has 0 N–H and O–H groups in total. The van der Waals surface area contributed by atoms with Crippen molar-refractivity contribution in [2.45, 2.75) is 307 Å². The largest absolute Gasteiger partial charge is 0.262 e. The molecule has 0 aliphatic carbocycles. The van der Waals surface area contributed by atoms with Crippen molar-refractivity contribution < 1.29 is 0 Å². The number of nitrogens with zero attached hydrogens (tertiary/aromatic N) is 16. The number of aromatic nitrogens is 16. The maximum atomic E-state index is 4.37. The summed E-state index contributed by atoms with van der Waals surface area (Å²) in [5.74, 6) is 9.30. The van der Waals surface area contributed by atoms with Crippen molar-refractivity contribution >= 4 is 0 Å². The van der Waals surface area contributed by atoms with E-state index in [4.69, 9.17) is 0 Å². The highest BCUT2D eigenvalue weighted by Crippen LogP contribution is 2.19. The fraction of sp³-hybridized carbons (Fsp3) is 0.479. The van der Waals surface area contributed by atoms with Gasteiger partial charge >= 0.3 is 0 Å². The van der Waals surface area contributed by atoms with Gasteiger partial charge in [0.1, 0.15) is 23.3 Å². The maximum absolute atomic E-state index is 4.37. The Morgan fingerprint density at radius 2 is 0.670 bits per heavy atom. The summed E-state index contributed by atoms with van der Waals surface area (Å²) in [4.78, 5) is 67.5. The number of rotatable bonds is 11. The molecule has 16 nitrogen and oxygen atoms in total. The molecule has 0 saturated heterocycles. The average Bonchev–Trinajstić information content (AvgIpc) is 0.935. The van der Waals surface area contributed by atoms with Gasteiger partial charge in [0.15, 0.2) is 0 Å². The van der Waals surface area contributed by atoms with E-state index >= 15 is 0 Å². The summed E-state index contributed by atoms with van der Waals surface area (Å²) in [6.07, 6.45) is 22.4. The molecule has 0 aromatic carbocycles. The summed E-state index contributed by atoms with van der Waals surface area (Å²) >= 11 is 0. The molecule has 11 aromatic heterocycles. The average molecular weight is 1520 g/mol. The van der Waals surface area contributed by atoms with Crippen LogP contribution in [0.15, 0.2) is 159 Å². The van der Waals surface area contributed by atoms with E-state index in [9.17, 15) is 0 Å². The van der Waals surface area contributed by atoms with Gasteiger partial charge in [-0.25, -0.2) is 39.9 Å². The second kappa shape index (κ2) is 54.1. The minimum atomic E-state index is 0.425. The lowest BCUT2D eigenvalue weighted by Gasteiger charge is -2.06. The normalized spacial score (nSPS) is 10.4. The third-order valence-corrected chi connectivity index (χ3v) is 16.8. The van der Waals surface area contributed by atoms with E-state index in [0.29, 0.717) is 65.1 Å². The molecule has 0 aliphatic heterocycles. The lowest BCUT2D eigenvalue weighted by Crippen LogP contribution is -2.00. The van der Waals surface area contributed by atoms with E-state index in [-0.39, 0.29) is 0 Å². The summed E-state index contributed by atoms with van der Waals surface area (Å²) < 4.78 is 0. The maximum Gasteiger partial charge on any atom is 0.131 e. The molecule has 0 unspecified atom stereocenters. The summed E-state index contributed by atoms with van der Waals surface area (Å²) in [6, 6.07) is 28.9. The lowest BCUT2D eigenvalue weighted by atomic mass is 10.0. The standard InChI is InChI=1S/C10H15N.C9H14N2.5C9H13N.4C8H12N2/c1-7(2)10-5-8(3)9(4)6-11-10;1-6(2)9-10-7(3)5-8(4)11-9;1-7(2)9-4-5-10-8(3)6-9;1-7(2)9-5-4-8(3)10-6-9;1-7(2)9-6-8(3)4-5-10-9;1-7(2)9-5-4-8(3)6-10-9;1-7(2)9-6-4-5-8(3)10-9;1-6(2)8-4-9-7(3)10-5-8;1-6(2)8-5-9-7(3)4-10-8;1-6(2)8-9-4-7(3)5-10-8;1-6(2)8-9-5-4-7(3)10-8/h5-7H,1-4H3;5-6H,1-4H3;5*4-7H,1-3H3;4*4-6H,1-3H3. The zero-order valence-corrected chi connectivity index (χ0v) is 75.5. The van der Waals surface area contributed by atoms with Gasteiger partial charge in [-0.05, 0) is 249 Å². The number of hydrogen-bond acceptors (Lipinski definition) is 16. The summed E-state index contributed by atoms with van der Waals surface area (Å²) in [7, 11) is 0. The van der Waals surface area contributed by atoms with Crippen molar-refractivity contribution in [3.05, 3.63) is 295 Å². The van der Waals surface area contributed by atoms with Crippen molar-refractivity contribution in [3.63, 3.8) is 0 Å². The molecule has 0 amide bonds. The molecule has 11 rings (SSSR count). The van der Waals surface area contributed by atoms with Crippen LogP contribution in [0.5, 0.6) is 0 Å². The number of pyridine rings is 6. The smallest absolute Gasteiger partial charge is 0.131 e. The Labute approximate surface area is 678 Å². The molecule has 112 heavy (non-hydrogen) atoms. The fourth-order valence-corrected chi connectivity index (χ4v) is 9.15. The highest BCUT2D eigenvalue weighted by Gasteiger charge is 2.07. The van der Waals surface area contributed by atoms with E-state index in [1.54, 1.807) is 12.4 Å². The molecular weight excluding hydrogens is 1380 g/mol. The fourth-order valence-electron chi connectivity index (χ4n) is 9.15. The molecule has 0 radical (unpaired) electrons. The van der Waals surface area contributed by atoms with Crippen molar-refractivity contribution in [2.75, 3.05) is 0 Å². The van der Waals surface area contributed by atoms with E-state index in [0.717, 1.165) is 74.4 Å². The van der Waals surface area contributed by atoms with E-state index in [1.165, 1.54) is 61.7 Å². The Morgan fingerprint density at radius 3 is 1.07 bits per heavy atom. The molecule has 11 aromatic rings. The van der Waals surface area contributed by atoms with Gasteiger partial charge in [-0.15, -0.1) is 0 Å². The molecule has 0 spiro atoms. The van der Waals surface area contributed by atoms with Crippen LogP contribution in [0.2, 0.25) is 0 Å². The first kappa shape index (κ1) is 100. The van der Waals surface area contributed by atoms with Gasteiger partial charge in [0.25, 0.3) is 0 Å². The third-order valence-electron chi connectivity index (χ3n) is 16.8. The Bertz CT molecular complexity index is 3790. The Morgan fingerprint density at radius 1 is 0.196 bits per heavy atom. The Kier molecular flexibility index (Phi) is 48.4. The van der Waals surface area contributed by atoms with Gasteiger partial charge in [-0.2, -0.15) is 0 Å². The van der Waals surface area contributed by atoms with Crippen LogP contribution in [0.1, 0.15) is 354 Å². The van der Waals surface area contributed by atoms with Crippen LogP contribution in [0, 0.1) is 90.0 Å². The van der Waals surface area contributed by atoms with Crippen molar-refractivity contribution in [1.82, 2.24) is 79.7 Å². The molecule has 0 bridgehead atoms. The van der Waals surface area contributed by atoms with E-state index < -0.39 is 0 Å². The third kappa shape index (κ3) is 44.4. The van der Waals surface area contributed by atoms with Gasteiger partial charge in [0, 0.05) is 149 Å². The monoisotopic (exact) mass is 1520 g/mol. The molecule has 0 saturated carbocycles. The first-order valence-electron chi connectivity index (χ1n) is 40.0. The Balaban J connectivity index is 0.000000616. The minimum absolute atomic E-state index is 0.425. The molecular formula is C96H142N16. The van der Waals surface area contributed by atoms with Crippen LogP contribution in [-0.4, -0.2) is 79.7 Å². The van der Waals surface area contributed by atoms with Crippen LogP contribution >= 0.6 is 0 Å². The van der Waals surface area contributed by atoms with Gasteiger partial charge in [-0.1, -0.05) is 171 Å². The van der Waals surface area contributed by atoms with Crippen LogP contribution in [0.25, 0.3) is 0 Å². The second-order valence-corrected chi connectivity index (χ2v) is 31.9. The zero-order chi connectivity index (χ0) is 84.9. The SMILES string of the molecule is Cc1cc(C(C)C)ccn1.Cc1cc(C)nc(C(C)C)n1.Cc1ccc(C(C)C)cn1.Cc1ccc(C(C)C)nc1.Cc1cccc(C(C)C)n1.Cc1ccnc(C(C)C)c1.Cc1ccnc(C(C)C)n1.Cc1cnc(C(C)C)cc1C.Cc1cnc(C(C)C)cn1.Cc1cnc(C(C)C)nc1.Cc1ncc(C(C)C)cn1. The molecule has 0 aliphatic rings. The van der Waals surface area contributed by atoms with Gasteiger partial charge in [0.2, 0.25) is 0 Å². The summed E-state index contributed by atoms with van der Waals surface area (Å²) in [5.41, 5.74) is 23.3. The highest BCUT2D eigenvalue weighted by atomic mass is 14.9. The van der Waals surface area contributed by atoms with Crippen LogP contribution in [0.4, 0.5) is 0 Å². The van der Waals surface area contributed by atoms with Gasteiger partial charge in [0.05, 0.1) is 11.4 Å². The number of hydrogen-bond donors (Lipinski definition) is 0. The van der Waals surface area contributed by atoms with Gasteiger partial charge < -0.3 is 0 Å². The number of aryl methyl sites for hydroxylation is 13. The lowest BCUT2D eigenvalue weighted by molar-refractivity contribution is 0.758. The van der Waals surface area contributed by atoms with E-state index in [1.807, 2.05) is 149 Å². The van der Waals surface area contributed by atoms with E-state index in [2.05, 4.69) is 320 Å². The predicted octanol–water partition coefficient (Wildman–Crippen LogP) is 25.2. The topological polar surface area (TPSA) is 206 Å². The van der Waals surface area contributed by atoms with Crippen molar-refractivity contribution in [3.8, 4) is 0 Å². The first-order valence-corrected chi connectivity index (χ1v) is 40.0. The summed E-state index contributed by atoms with van der Waals surface area (Å²) in [6.45, 7) is 73.2. The summed E-state index contributed by atoms with van der Waals surface area (Å²) in [5, 5.41) is 0. The second-order valence-electron chi connectivity index (χ2n) is 31.9.